The molecule has 1 heterocycles. The van der Waals surface area contributed by atoms with Crippen LogP contribution in [0.25, 0.3) is 0 Å². The molecule has 1 fully saturated rings. The summed E-state index contributed by atoms with van der Waals surface area (Å²) in [4.78, 5) is 13.6. The lowest BCUT2D eigenvalue weighted by atomic mass is 10.3. The van der Waals surface area contributed by atoms with Crippen molar-refractivity contribution < 1.29 is 9.53 Å². The molecule has 0 spiro atoms. The second-order valence-corrected chi connectivity index (χ2v) is 5.12. The van der Waals surface area contributed by atoms with Gasteiger partial charge in [0.25, 0.3) is 5.91 Å². The number of benzene rings is 1. The van der Waals surface area contributed by atoms with Gasteiger partial charge in [-0.05, 0) is 46.9 Å². The molecule has 0 unspecified atom stereocenters. The van der Waals surface area contributed by atoms with Crippen molar-refractivity contribution in [2.45, 2.75) is 0 Å². The minimum atomic E-state index is 0. The maximum atomic E-state index is 11.8. The Labute approximate surface area is 127 Å². The lowest BCUT2D eigenvalue weighted by molar-refractivity contribution is -0.133. The first kappa shape index (κ1) is 15.5. The molecule has 1 saturated heterocycles. The summed E-state index contributed by atoms with van der Waals surface area (Å²) in [6.45, 7) is 3.41. The number of ether oxygens (including phenoxy) is 1. The summed E-state index contributed by atoms with van der Waals surface area (Å²) >= 11 is 2.24. The van der Waals surface area contributed by atoms with E-state index in [2.05, 4.69) is 27.9 Å². The Bertz CT molecular complexity index is 380. The topological polar surface area (TPSA) is 41.6 Å². The van der Waals surface area contributed by atoms with Gasteiger partial charge < -0.3 is 15.0 Å². The van der Waals surface area contributed by atoms with Crippen LogP contribution in [0.3, 0.4) is 0 Å². The molecule has 0 aliphatic carbocycles. The summed E-state index contributed by atoms with van der Waals surface area (Å²) in [5.41, 5.74) is 0. The lowest BCUT2D eigenvalue weighted by Crippen LogP contribution is -2.47. The molecule has 0 bridgehead atoms. The first-order valence-corrected chi connectivity index (χ1v) is 6.70. The third-order valence-electron chi connectivity index (χ3n) is 2.65. The van der Waals surface area contributed by atoms with Gasteiger partial charge >= 0.3 is 0 Å². The summed E-state index contributed by atoms with van der Waals surface area (Å²) < 4.78 is 6.62. The monoisotopic (exact) mass is 382 g/mol. The Hall–Kier alpha value is -0.530. The molecular formula is C12H16ClIN2O2. The van der Waals surface area contributed by atoms with Gasteiger partial charge in [-0.15, -0.1) is 12.4 Å². The number of piperazine rings is 1. The van der Waals surface area contributed by atoms with E-state index in [4.69, 9.17) is 4.74 Å². The molecule has 0 radical (unpaired) electrons. The van der Waals surface area contributed by atoms with Crippen LogP contribution < -0.4 is 10.1 Å². The van der Waals surface area contributed by atoms with E-state index in [9.17, 15) is 4.79 Å². The number of halogens is 2. The second kappa shape index (κ2) is 7.81. The van der Waals surface area contributed by atoms with Crippen LogP contribution in [-0.2, 0) is 4.79 Å². The highest BCUT2D eigenvalue weighted by atomic mass is 127. The number of nitrogens with one attached hydrogen (secondary N) is 1. The number of nitrogens with zero attached hydrogens (tertiary/aromatic N) is 1. The van der Waals surface area contributed by atoms with Gasteiger partial charge in [0.2, 0.25) is 0 Å². The Kier molecular flexibility index (Phi) is 6.73. The van der Waals surface area contributed by atoms with Crippen LogP contribution in [0.2, 0.25) is 0 Å². The van der Waals surface area contributed by atoms with E-state index >= 15 is 0 Å². The van der Waals surface area contributed by atoms with E-state index in [1.165, 1.54) is 0 Å². The summed E-state index contributed by atoms with van der Waals surface area (Å²) in [6, 6.07) is 7.69. The Morgan fingerprint density at radius 1 is 1.28 bits per heavy atom. The fourth-order valence-corrected chi connectivity index (χ4v) is 2.04. The molecule has 1 aliphatic heterocycles. The molecule has 1 aromatic rings. The smallest absolute Gasteiger partial charge is 0.260 e. The molecule has 6 heteroatoms. The highest BCUT2D eigenvalue weighted by Gasteiger charge is 2.16. The highest BCUT2D eigenvalue weighted by molar-refractivity contribution is 14.1. The molecule has 0 aromatic heterocycles. The first-order valence-electron chi connectivity index (χ1n) is 5.62. The molecule has 1 N–H and O–H groups in total. The quantitative estimate of drug-likeness (QED) is 0.806. The molecule has 0 atom stereocenters. The SMILES string of the molecule is Cl.O=C(COc1ccc(I)cc1)N1CCNCC1. The van der Waals surface area contributed by atoms with Gasteiger partial charge in [-0.1, -0.05) is 0 Å². The van der Waals surface area contributed by atoms with Crippen molar-refractivity contribution in [1.82, 2.24) is 10.2 Å². The van der Waals surface area contributed by atoms with Crippen molar-refractivity contribution >= 4 is 40.9 Å². The largest absolute Gasteiger partial charge is 0.484 e. The zero-order valence-electron chi connectivity index (χ0n) is 9.89. The summed E-state index contributed by atoms with van der Waals surface area (Å²) in [5.74, 6) is 0.805. The number of carbonyl (C=O) groups excluding carboxylic acids is 1. The minimum absolute atomic E-state index is 0. The summed E-state index contributed by atoms with van der Waals surface area (Å²) in [7, 11) is 0. The molecule has 0 saturated carbocycles. The maximum absolute atomic E-state index is 11.8. The fourth-order valence-electron chi connectivity index (χ4n) is 1.68. The van der Waals surface area contributed by atoms with Crippen LogP contribution in [0.5, 0.6) is 5.75 Å². The third kappa shape index (κ3) is 4.62. The Morgan fingerprint density at radius 3 is 2.50 bits per heavy atom. The minimum Gasteiger partial charge on any atom is -0.484 e. The Morgan fingerprint density at radius 2 is 1.89 bits per heavy atom. The van der Waals surface area contributed by atoms with E-state index in [0.29, 0.717) is 0 Å². The highest BCUT2D eigenvalue weighted by Crippen LogP contribution is 2.13. The van der Waals surface area contributed by atoms with Crippen LogP contribution in [0.4, 0.5) is 0 Å². The number of rotatable bonds is 3. The van der Waals surface area contributed by atoms with Crippen molar-refractivity contribution in [2.75, 3.05) is 32.8 Å². The molecule has 1 aromatic carbocycles. The van der Waals surface area contributed by atoms with Crippen molar-refractivity contribution in [2.24, 2.45) is 0 Å². The number of amides is 1. The van der Waals surface area contributed by atoms with Crippen molar-refractivity contribution in [3.63, 3.8) is 0 Å². The van der Waals surface area contributed by atoms with E-state index < -0.39 is 0 Å². The van der Waals surface area contributed by atoms with E-state index in [1.54, 1.807) is 0 Å². The molecular weight excluding hydrogens is 367 g/mol. The van der Waals surface area contributed by atoms with Crippen LogP contribution in [-0.4, -0.2) is 43.6 Å². The van der Waals surface area contributed by atoms with Crippen molar-refractivity contribution in [3.05, 3.63) is 27.8 Å². The maximum Gasteiger partial charge on any atom is 0.260 e. The predicted octanol–water partition coefficient (Wildman–Crippen LogP) is 1.52. The van der Waals surface area contributed by atoms with Gasteiger partial charge in [-0.2, -0.15) is 0 Å². The molecule has 1 amide bonds. The molecule has 4 nitrogen and oxygen atoms in total. The number of carbonyl (C=O) groups is 1. The second-order valence-electron chi connectivity index (χ2n) is 3.87. The normalized spacial score (nSPS) is 14.8. The fraction of sp³-hybridized carbons (Fsp3) is 0.417. The van der Waals surface area contributed by atoms with Crippen LogP contribution >= 0.6 is 35.0 Å². The average molecular weight is 383 g/mol. The molecule has 2 rings (SSSR count). The first-order chi connectivity index (χ1) is 8.25. The van der Waals surface area contributed by atoms with E-state index in [0.717, 1.165) is 35.5 Å². The van der Waals surface area contributed by atoms with Gasteiger partial charge in [-0.25, -0.2) is 0 Å². The average Bonchev–Trinajstić information content (AvgIpc) is 2.39. The zero-order chi connectivity index (χ0) is 12.1. The van der Waals surface area contributed by atoms with Gasteiger partial charge in [0.1, 0.15) is 5.75 Å². The van der Waals surface area contributed by atoms with Crippen molar-refractivity contribution in [3.8, 4) is 5.75 Å². The zero-order valence-corrected chi connectivity index (χ0v) is 12.9. The van der Waals surface area contributed by atoms with E-state index in [-0.39, 0.29) is 24.9 Å². The van der Waals surface area contributed by atoms with E-state index in [1.807, 2.05) is 29.2 Å². The molecule has 18 heavy (non-hydrogen) atoms. The number of hydrogen-bond acceptors (Lipinski definition) is 3. The standard InChI is InChI=1S/C12H15IN2O2.ClH/c13-10-1-3-11(4-2-10)17-9-12(16)15-7-5-14-6-8-15;/h1-4,14H,5-9H2;1H. The van der Waals surface area contributed by atoms with Crippen LogP contribution in [0.15, 0.2) is 24.3 Å². The Balaban J connectivity index is 0.00000162. The number of hydrogen-bond donors (Lipinski definition) is 1. The lowest BCUT2D eigenvalue weighted by Gasteiger charge is -2.27. The summed E-state index contributed by atoms with van der Waals surface area (Å²) in [6.07, 6.45) is 0. The van der Waals surface area contributed by atoms with Gasteiger partial charge in [0, 0.05) is 29.7 Å². The van der Waals surface area contributed by atoms with Gasteiger partial charge in [-0.3, -0.25) is 4.79 Å². The van der Waals surface area contributed by atoms with Crippen LogP contribution in [0, 0.1) is 3.57 Å². The van der Waals surface area contributed by atoms with Gasteiger partial charge in [0.15, 0.2) is 6.61 Å². The molecule has 1 aliphatic rings. The van der Waals surface area contributed by atoms with Gasteiger partial charge in [0.05, 0.1) is 0 Å². The van der Waals surface area contributed by atoms with Crippen LogP contribution in [0.1, 0.15) is 0 Å². The third-order valence-corrected chi connectivity index (χ3v) is 3.36. The predicted molar refractivity (Wildman–Crippen MR) is 81.4 cm³/mol. The van der Waals surface area contributed by atoms with Crippen molar-refractivity contribution in [1.29, 1.82) is 0 Å². The summed E-state index contributed by atoms with van der Waals surface area (Å²) in [5, 5.41) is 3.21. The molecule has 100 valence electrons.